The third-order valence-electron chi connectivity index (χ3n) is 3.73. The Balaban J connectivity index is 1.84. The van der Waals surface area contributed by atoms with Crippen LogP contribution in [0.5, 0.6) is 5.75 Å². The Labute approximate surface area is 105 Å². The summed E-state index contributed by atoms with van der Waals surface area (Å²) in [5, 5.41) is 0. The van der Waals surface area contributed by atoms with Crippen molar-refractivity contribution in [1.29, 1.82) is 0 Å². The zero-order valence-electron chi connectivity index (χ0n) is 11.1. The maximum Gasteiger partial charge on any atom is 0.119 e. The SMILES string of the molecule is CC1CN(C(C)C)CC1COc1ccccc1. The van der Waals surface area contributed by atoms with Crippen molar-refractivity contribution < 1.29 is 4.74 Å². The highest BCUT2D eigenvalue weighted by atomic mass is 16.5. The van der Waals surface area contributed by atoms with E-state index in [1.54, 1.807) is 0 Å². The van der Waals surface area contributed by atoms with Gasteiger partial charge < -0.3 is 9.64 Å². The summed E-state index contributed by atoms with van der Waals surface area (Å²) in [6.45, 7) is 10.1. The zero-order valence-corrected chi connectivity index (χ0v) is 11.1. The summed E-state index contributed by atoms with van der Waals surface area (Å²) in [5.74, 6) is 2.39. The summed E-state index contributed by atoms with van der Waals surface area (Å²) in [7, 11) is 0. The Bertz CT molecular complexity index is 336. The van der Waals surface area contributed by atoms with Crippen molar-refractivity contribution in [3.8, 4) is 5.75 Å². The van der Waals surface area contributed by atoms with Crippen LogP contribution in [0.4, 0.5) is 0 Å². The number of rotatable bonds is 4. The van der Waals surface area contributed by atoms with Gasteiger partial charge in [-0.25, -0.2) is 0 Å². The fourth-order valence-corrected chi connectivity index (χ4v) is 2.43. The average Bonchev–Trinajstić information content (AvgIpc) is 2.70. The molecule has 1 aliphatic rings. The van der Waals surface area contributed by atoms with Crippen LogP contribution in [0.2, 0.25) is 0 Å². The van der Waals surface area contributed by atoms with Crippen molar-refractivity contribution in [2.45, 2.75) is 26.8 Å². The average molecular weight is 233 g/mol. The molecule has 2 rings (SSSR count). The molecule has 0 bridgehead atoms. The predicted octanol–water partition coefficient (Wildman–Crippen LogP) is 3.04. The predicted molar refractivity (Wildman–Crippen MR) is 71.3 cm³/mol. The van der Waals surface area contributed by atoms with E-state index in [9.17, 15) is 0 Å². The number of hydrogen-bond donors (Lipinski definition) is 0. The van der Waals surface area contributed by atoms with Gasteiger partial charge in [0, 0.05) is 25.0 Å². The van der Waals surface area contributed by atoms with Crippen LogP contribution in [0.25, 0.3) is 0 Å². The van der Waals surface area contributed by atoms with Crippen molar-refractivity contribution in [2.24, 2.45) is 11.8 Å². The Morgan fingerprint density at radius 3 is 2.53 bits per heavy atom. The molecule has 1 saturated heterocycles. The molecule has 0 saturated carbocycles. The van der Waals surface area contributed by atoms with E-state index in [-0.39, 0.29) is 0 Å². The van der Waals surface area contributed by atoms with E-state index in [1.165, 1.54) is 13.1 Å². The van der Waals surface area contributed by atoms with Gasteiger partial charge in [-0.1, -0.05) is 25.1 Å². The molecule has 94 valence electrons. The molecular formula is C15H23NO. The van der Waals surface area contributed by atoms with E-state index in [0.717, 1.165) is 18.3 Å². The summed E-state index contributed by atoms with van der Waals surface area (Å²) >= 11 is 0. The van der Waals surface area contributed by atoms with Crippen molar-refractivity contribution in [3.63, 3.8) is 0 Å². The van der Waals surface area contributed by atoms with Gasteiger partial charge in [-0.15, -0.1) is 0 Å². The van der Waals surface area contributed by atoms with Crippen LogP contribution in [0.3, 0.4) is 0 Å². The first kappa shape index (κ1) is 12.4. The number of likely N-dealkylation sites (tertiary alicyclic amines) is 1. The van der Waals surface area contributed by atoms with Gasteiger partial charge in [0.25, 0.3) is 0 Å². The first-order valence-corrected chi connectivity index (χ1v) is 6.58. The number of ether oxygens (including phenoxy) is 1. The quantitative estimate of drug-likeness (QED) is 0.792. The van der Waals surface area contributed by atoms with E-state index in [1.807, 2.05) is 30.3 Å². The van der Waals surface area contributed by atoms with Crippen LogP contribution >= 0.6 is 0 Å². The second-order valence-corrected chi connectivity index (χ2v) is 5.41. The second-order valence-electron chi connectivity index (χ2n) is 5.41. The molecule has 2 heteroatoms. The van der Waals surface area contributed by atoms with Gasteiger partial charge in [-0.05, 0) is 31.9 Å². The topological polar surface area (TPSA) is 12.5 Å². The lowest BCUT2D eigenvalue weighted by Gasteiger charge is -2.20. The van der Waals surface area contributed by atoms with Crippen molar-refractivity contribution in [1.82, 2.24) is 4.90 Å². The fraction of sp³-hybridized carbons (Fsp3) is 0.600. The lowest BCUT2D eigenvalue weighted by Crippen LogP contribution is -2.29. The van der Waals surface area contributed by atoms with Gasteiger partial charge in [0.1, 0.15) is 5.75 Å². The van der Waals surface area contributed by atoms with E-state index in [2.05, 4.69) is 25.7 Å². The van der Waals surface area contributed by atoms with Crippen LogP contribution in [0.15, 0.2) is 30.3 Å². The third kappa shape index (κ3) is 3.22. The highest BCUT2D eigenvalue weighted by Crippen LogP contribution is 2.25. The summed E-state index contributed by atoms with van der Waals surface area (Å²) in [6, 6.07) is 10.8. The molecule has 1 aromatic rings. The van der Waals surface area contributed by atoms with Crippen molar-refractivity contribution >= 4 is 0 Å². The number of nitrogens with zero attached hydrogens (tertiary/aromatic N) is 1. The molecule has 0 N–H and O–H groups in total. The number of benzene rings is 1. The van der Waals surface area contributed by atoms with Gasteiger partial charge in [0.05, 0.1) is 6.61 Å². The minimum Gasteiger partial charge on any atom is -0.493 e. The highest BCUT2D eigenvalue weighted by molar-refractivity contribution is 5.20. The van der Waals surface area contributed by atoms with Crippen LogP contribution < -0.4 is 4.74 Å². The Morgan fingerprint density at radius 1 is 1.24 bits per heavy atom. The largest absolute Gasteiger partial charge is 0.493 e. The lowest BCUT2D eigenvalue weighted by atomic mass is 9.99. The molecule has 17 heavy (non-hydrogen) atoms. The van der Waals surface area contributed by atoms with Crippen LogP contribution in [-0.2, 0) is 0 Å². The van der Waals surface area contributed by atoms with Crippen molar-refractivity contribution in [2.75, 3.05) is 19.7 Å². The van der Waals surface area contributed by atoms with Gasteiger partial charge in [0.2, 0.25) is 0 Å². The molecule has 0 spiro atoms. The minimum absolute atomic E-state index is 0.652. The minimum atomic E-state index is 0.652. The van der Waals surface area contributed by atoms with E-state index < -0.39 is 0 Å². The summed E-state index contributed by atoms with van der Waals surface area (Å²) in [5.41, 5.74) is 0. The Kier molecular flexibility index (Phi) is 4.06. The van der Waals surface area contributed by atoms with E-state index in [4.69, 9.17) is 4.74 Å². The van der Waals surface area contributed by atoms with E-state index >= 15 is 0 Å². The van der Waals surface area contributed by atoms with Gasteiger partial charge in [-0.3, -0.25) is 0 Å². The number of hydrogen-bond acceptors (Lipinski definition) is 2. The molecule has 0 amide bonds. The van der Waals surface area contributed by atoms with Crippen LogP contribution in [0.1, 0.15) is 20.8 Å². The summed E-state index contributed by atoms with van der Waals surface area (Å²) in [6.07, 6.45) is 0. The van der Waals surface area contributed by atoms with Gasteiger partial charge in [0.15, 0.2) is 0 Å². The Hall–Kier alpha value is -1.02. The molecule has 0 aliphatic carbocycles. The smallest absolute Gasteiger partial charge is 0.119 e. The summed E-state index contributed by atoms with van der Waals surface area (Å²) < 4.78 is 5.86. The first-order valence-electron chi connectivity index (χ1n) is 6.58. The van der Waals surface area contributed by atoms with Crippen LogP contribution in [0, 0.1) is 11.8 Å². The Morgan fingerprint density at radius 2 is 1.94 bits per heavy atom. The number of para-hydroxylation sites is 1. The molecular weight excluding hydrogens is 210 g/mol. The lowest BCUT2D eigenvalue weighted by molar-refractivity contribution is 0.216. The monoisotopic (exact) mass is 233 g/mol. The molecule has 1 heterocycles. The zero-order chi connectivity index (χ0) is 12.3. The maximum atomic E-state index is 5.86. The van der Waals surface area contributed by atoms with Gasteiger partial charge in [-0.2, -0.15) is 0 Å². The van der Waals surface area contributed by atoms with Gasteiger partial charge >= 0.3 is 0 Å². The van der Waals surface area contributed by atoms with Crippen molar-refractivity contribution in [3.05, 3.63) is 30.3 Å². The highest BCUT2D eigenvalue weighted by Gasteiger charge is 2.31. The summed E-state index contributed by atoms with van der Waals surface area (Å²) in [4.78, 5) is 2.55. The second kappa shape index (κ2) is 5.54. The standard InChI is InChI=1S/C15H23NO/c1-12(2)16-9-13(3)14(10-16)11-17-15-7-5-4-6-8-15/h4-8,12-14H,9-11H2,1-3H3. The molecule has 2 unspecified atom stereocenters. The first-order chi connectivity index (χ1) is 8.16. The molecule has 2 nitrogen and oxygen atoms in total. The van der Waals surface area contributed by atoms with Crippen LogP contribution in [-0.4, -0.2) is 30.6 Å². The molecule has 1 aromatic carbocycles. The molecule has 2 atom stereocenters. The normalized spacial score (nSPS) is 25.4. The molecule has 0 radical (unpaired) electrons. The molecule has 0 aromatic heterocycles. The third-order valence-corrected chi connectivity index (χ3v) is 3.73. The molecule has 1 fully saturated rings. The van der Waals surface area contributed by atoms with E-state index in [0.29, 0.717) is 12.0 Å². The molecule has 1 aliphatic heterocycles. The maximum absolute atomic E-state index is 5.86. The fourth-order valence-electron chi connectivity index (χ4n) is 2.43.